The molecule has 0 saturated heterocycles. The van der Waals surface area contributed by atoms with Crippen molar-refractivity contribution in [2.24, 2.45) is 0 Å². The Morgan fingerprint density at radius 3 is 2.83 bits per heavy atom. The first kappa shape index (κ1) is 12.0. The molecule has 5 nitrogen and oxygen atoms in total. The quantitative estimate of drug-likeness (QED) is 0.860. The molecule has 1 aromatic carbocycles. The van der Waals surface area contributed by atoms with E-state index in [4.69, 9.17) is 5.11 Å². The maximum Gasteiger partial charge on any atom is 0.335 e. The standard InChI is InChI=1S/C13H13N3O2/c1-9-7-10(4-5-12(9)13(17)18)14-8-11-3-2-6-15-16-11/h2-7,14H,8H2,1H3,(H,17,18). The molecule has 0 unspecified atom stereocenters. The van der Waals surface area contributed by atoms with Crippen LogP contribution in [0.4, 0.5) is 5.69 Å². The minimum absolute atomic E-state index is 0.319. The number of aryl methyl sites for hydroxylation is 1. The van der Waals surface area contributed by atoms with Gasteiger partial charge in [-0.25, -0.2) is 4.79 Å². The van der Waals surface area contributed by atoms with Gasteiger partial charge < -0.3 is 10.4 Å². The Hall–Kier alpha value is -2.43. The first-order valence-corrected chi connectivity index (χ1v) is 5.51. The van der Waals surface area contributed by atoms with Crippen LogP contribution in [0.1, 0.15) is 21.6 Å². The van der Waals surface area contributed by atoms with Gasteiger partial charge in [-0.1, -0.05) is 0 Å². The van der Waals surface area contributed by atoms with Crippen LogP contribution in [-0.4, -0.2) is 21.3 Å². The highest BCUT2D eigenvalue weighted by Gasteiger charge is 2.06. The van der Waals surface area contributed by atoms with E-state index in [0.717, 1.165) is 16.9 Å². The number of nitrogens with one attached hydrogen (secondary N) is 1. The van der Waals surface area contributed by atoms with Gasteiger partial charge in [0, 0.05) is 11.9 Å². The van der Waals surface area contributed by atoms with Crippen LogP contribution < -0.4 is 5.32 Å². The number of anilines is 1. The minimum Gasteiger partial charge on any atom is -0.478 e. The van der Waals surface area contributed by atoms with E-state index in [1.807, 2.05) is 12.1 Å². The first-order valence-electron chi connectivity index (χ1n) is 5.51. The largest absolute Gasteiger partial charge is 0.478 e. The molecule has 0 radical (unpaired) electrons. The zero-order valence-electron chi connectivity index (χ0n) is 9.92. The van der Waals surface area contributed by atoms with Gasteiger partial charge in [0.2, 0.25) is 0 Å². The van der Waals surface area contributed by atoms with E-state index in [0.29, 0.717) is 12.1 Å². The van der Waals surface area contributed by atoms with Crippen molar-refractivity contribution < 1.29 is 9.90 Å². The molecular weight excluding hydrogens is 230 g/mol. The predicted octanol–water partition coefficient (Wildman–Crippen LogP) is 2.10. The maximum absolute atomic E-state index is 10.9. The molecule has 2 aromatic rings. The second-order valence-corrected chi connectivity index (χ2v) is 3.90. The zero-order valence-corrected chi connectivity index (χ0v) is 9.92. The molecule has 1 heterocycles. The van der Waals surface area contributed by atoms with Crippen molar-refractivity contribution in [2.75, 3.05) is 5.32 Å². The van der Waals surface area contributed by atoms with Crippen molar-refractivity contribution >= 4 is 11.7 Å². The number of carboxylic acids is 1. The molecule has 0 spiro atoms. The monoisotopic (exact) mass is 243 g/mol. The van der Waals surface area contributed by atoms with Crippen LogP contribution in [0.2, 0.25) is 0 Å². The third-order valence-corrected chi connectivity index (χ3v) is 2.56. The summed E-state index contributed by atoms with van der Waals surface area (Å²) >= 11 is 0. The van der Waals surface area contributed by atoms with Crippen molar-refractivity contribution in [3.8, 4) is 0 Å². The number of carboxylic acid groups (broad SMARTS) is 1. The van der Waals surface area contributed by atoms with Crippen molar-refractivity contribution in [3.05, 3.63) is 53.3 Å². The molecule has 18 heavy (non-hydrogen) atoms. The van der Waals surface area contributed by atoms with E-state index in [1.165, 1.54) is 0 Å². The minimum atomic E-state index is -0.909. The van der Waals surface area contributed by atoms with Gasteiger partial charge in [0.15, 0.2) is 0 Å². The molecule has 2 rings (SSSR count). The Labute approximate surface area is 104 Å². The van der Waals surface area contributed by atoms with Crippen LogP contribution in [0, 0.1) is 6.92 Å². The van der Waals surface area contributed by atoms with Crippen LogP contribution in [0.3, 0.4) is 0 Å². The van der Waals surface area contributed by atoms with E-state index >= 15 is 0 Å². The molecule has 0 atom stereocenters. The van der Waals surface area contributed by atoms with Gasteiger partial charge in [0.05, 0.1) is 17.8 Å². The van der Waals surface area contributed by atoms with Crippen molar-refractivity contribution in [3.63, 3.8) is 0 Å². The first-order chi connectivity index (χ1) is 8.66. The van der Waals surface area contributed by atoms with E-state index in [-0.39, 0.29) is 0 Å². The molecule has 0 fully saturated rings. The van der Waals surface area contributed by atoms with Gasteiger partial charge in [-0.3, -0.25) is 0 Å². The lowest BCUT2D eigenvalue weighted by molar-refractivity contribution is 0.0696. The summed E-state index contributed by atoms with van der Waals surface area (Å²) < 4.78 is 0. The summed E-state index contributed by atoms with van der Waals surface area (Å²) in [5.41, 5.74) is 2.74. The number of hydrogen-bond donors (Lipinski definition) is 2. The second-order valence-electron chi connectivity index (χ2n) is 3.90. The van der Waals surface area contributed by atoms with Gasteiger partial charge in [-0.2, -0.15) is 10.2 Å². The van der Waals surface area contributed by atoms with Crippen molar-refractivity contribution in [1.29, 1.82) is 0 Å². The summed E-state index contributed by atoms with van der Waals surface area (Å²) in [6.07, 6.45) is 1.62. The fourth-order valence-corrected chi connectivity index (χ4v) is 1.63. The number of aromatic nitrogens is 2. The van der Waals surface area contributed by atoms with Crippen LogP contribution in [0.25, 0.3) is 0 Å². The number of benzene rings is 1. The van der Waals surface area contributed by atoms with Gasteiger partial charge >= 0.3 is 5.97 Å². The van der Waals surface area contributed by atoms with Crippen LogP contribution >= 0.6 is 0 Å². The summed E-state index contributed by atoms with van der Waals surface area (Å²) in [5, 5.41) is 19.8. The van der Waals surface area contributed by atoms with Crippen molar-refractivity contribution in [1.82, 2.24) is 10.2 Å². The summed E-state index contributed by atoms with van der Waals surface area (Å²) in [6.45, 7) is 2.33. The second kappa shape index (κ2) is 5.27. The average Bonchev–Trinajstić information content (AvgIpc) is 2.37. The zero-order chi connectivity index (χ0) is 13.0. The molecule has 0 aliphatic heterocycles. The topological polar surface area (TPSA) is 75.1 Å². The van der Waals surface area contributed by atoms with Crippen LogP contribution in [0.5, 0.6) is 0 Å². The molecule has 0 aliphatic carbocycles. The predicted molar refractivity (Wildman–Crippen MR) is 67.5 cm³/mol. The lowest BCUT2D eigenvalue weighted by atomic mass is 10.1. The van der Waals surface area contributed by atoms with E-state index in [9.17, 15) is 4.79 Å². The SMILES string of the molecule is Cc1cc(NCc2cccnn2)ccc1C(=O)O. The van der Waals surface area contributed by atoms with Gasteiger partial charge in [0.1, 0.15) is 0 Å². The Balaban J connectivity index is 2.07. The molecule has 2 N–H and O–H groups in total. The summed E-state index contributed by atoms with van der Waals surface area (Å²) in [5.74, 6) is -0.909. The van der Waals surface area contributed by atoms with Gasteiger partial charge in [0.25, 0.3) is 0 Å². The van der Waals surface area contributed by atoms with E-state index in [2.05, 4.69) is 15.5 Å². The Bertz CT molecular complexity index is 555. The van der Waals surface area contributed by atoms with E-state index < -0.39 is 5.97 Å². The molecule has 5 heteroatoms. The summed E-state index contributed by atoms with van der Waals surface area (Å²) in [7, 11) is 0. The van der Waals surface area contributed by atoms with Gasteiger partial charge in [-0.15, -0.1) is 0 Å². The van der Waals surface area contributed by atoms with Crippen LogP contribution in [-0.2, 0) is 6.54 Å². The molecule has 0 saturated carbocycles. The molecule has 92 valence electrons. The number of hydrogen-bond acceptors (Lipinski definition) is 4. The normalized spacial score (nSPS) is 10.1. The fraction of sp³-hybridized carbons (Fsp3) is 0.154. The third-order valence-electron chi connectivity index (χ3n) is 2.56. The third kappa shape index (κ3) is 2.82. The van der Waals surface area contributed by atoms with Gasteiger partial charge in [-0.05, 0) is 42.8 Å². The fourth-order valence-electron chi connectivity index (χ4n) is 1.63. The average molecular weight is 243 g/mol. The Morgan fingerprint density at radius 2 is 2.22 bits per heavy atom. The number of carbonyl (C=O) groups is 1. The number of rotatable bonds is 4. The molecule has 0 aliphatic rings. The number of nitrogens with zero attached hydrogens (tertiary/aromatic N) is 2. The number of aromatic carboxylic acids is 1. The molecular formula is C13H13N3O2. The lowest BCUT2D eigenvalue weighted by Gasteiger charge is -2.08. The highest BCUT2D eigenvalue weighted by atomic mass is 16.4. The summed E-state index contributed by atoms with van der Waals surface area (Å²) in [4.78, 5) is 10.9. The Kier molecular flexibility index (Phi) is 3.52. The smallest absolute Gasteiger partial charge is 0.335 e. The summed E-state index contributed by atoms with van der Waals surface area (Å²) in [6, 6.07) is 8.84. The molecule has 0 amide bonds. The molecule has 0 bridgehead atoms. The van der Waals surface area contributed by atoms with E-state index in [1.54, 1.807) is 31.3 Å². The Morgan fingerprint density at radius 1 is 1.39 bits per heavy atom. The van der Waals surface area contributed by atoms with Crippen LogP contribution in [0.15, 0.2) is 36.5 Å². The van der Waals surface area contributed by atoms with Crippen molar-refractivity contribution in [2.45, 2.75) is 13.5 Å². The lowest BCUT2D eigenvalue weighted by Crippen LogP contribution is -2.04. The maximum atomic E-state index is 10.9. The highest BCUT2D eigenvalue weighted by molar-refractivity contribution is 5.89. The molecule has 1 aromatic heterocycles. The highest BCUT2D eigenvalue weighted by Crippen LogP contribution is 2.15.